The fourth-order valence-corrected chi connectivity index (χ4v) is 3.14. The molecule has 3 heteroatoms. The number of nitrogens with one attached hydrogen (secondary N) is 1. The van der Waals surface area contributed by atoms with Gasteiger partial charge in [-0.3, -0.25) is 4.99 Å². The summed E-state index contributed by atoms with van der Waals surface area (Å²) in [5.41, 5.74) is 3.88. The molecule has 1 aromatic rings. The molecule has 1 heterocycles. The molecule has 0 saturated heterocycles. The first kappa shape index (κ1) is 12.6. The molecule has 2 atom stereocenters. The Balaban J connectivity index is 2.01. The topological polar surface area (TPSA) is 24.4 Å². The van der Waals surface area contributed by atoms with Gasteiger partial charge in [-0.25, -0.2) is 0 Å². The number of halogens is 1. The molecule has 0 saturated carbocycles. The fourth-order valence-electron chi connectivity index (χ4n) is 2.94. The molecule has 0 radical (unpaired) electrons. The van der Waals surface area contributed by atoms with E-state index in [1.165, 1.54) is 11.1 Å². The van der Waals surface area contributed by atoms with Crippen LogP contribution >= 0.6 is 11.6 Å². The summed E-state index contributed by atoms with van der Waals surface area (Å²) in [6.07, 6.45) is 7.12. The van der Waals surface area contributed by atoms with Crippen molar-refractivity contribution in [2.24, 2.45) is 10.9 Å². The summed E-state index contributed by atoms with van der Waals surface area (Å²) in [7, 11) is 1.84. The molecule has 2 aliphatic rings. The molecule has 0 aromatic heterocycles. The minimum Gasteiger partial charge on any atom is -0.309 e. The zero-order valence-electron chi connectivity index (χ0n) is 10.9. The molecule has 0 bridgehead atoms. The maximum atomic E-state index is 6.17. The van der Waals surface area contributed by atoms with E-state index in [0.717, 1.165) is 23.7 Å². The number of hydrogen-bond donors (Lipinski definition) is 1. The van der Waals surface area contributed by atoms with Crippen LogP contribution in [0.25, 0.3) is 0 Å². The van der Waals surface area contributed by atoms with Crippen molar-refractivity contribution in [1.29, 1.82) is 0 Å². The maximum Gasteiger partial charge on any atom is 0.0443 e. The Hall–Kier alpha value is -1.38. The first-order valence-electron chi connectivity index (χ1n) is 6.63. The largest absolute Gasteiger partial charge is 0.309 e. The molecule has 0 amide bonds. The second kappa shape index (κ2) is 5.32. The monoisotopic (exact) mass is 272 g/mol. The molecule has 1 aromatic carbocycles. The molecule has 3 rings (SSSR count). The first-order chi connectivity index (χ1) is 9.29. The van der Waals surface area contributed by atoms with Gasteiger partial charge in [-0.05, 0) is 36.2 Å². The second-order valence-corrected chi connectivity index (χ2v) is 5.38. The summed E-state index contributed by atoms with van der Waals surface area (Å²) in [4.78, 5) is 4.40. The molecule has 1 aliphatic heterocycles. The van der Waals surface area contributed by atoms with Crippen molar-refractivity contribution in [2.45, 2.75) is 12.5 Å². The van der Waals surface area contributed by atoms with Crippen LogP contribution in [0.1, 0.15) is 17.2 Å². The lowest BCUT2D eigenvalue weighted by atomic mass is 9.82. The van der Waals surface area contributed by atoms with Gasteiger partial charge in [0.05, 0.1) is 0 Å². The highest BCUT2D eigenvalue weighted by Crippen LogP contribution is 2.33. The molecular weight excluding hydrogens is 256 g/mol. The Kier molecular flexibility index (Phi) is 3.54. The zero-order valence-corrected chi connectivity index (χ0v) is 11.7. The predicted molar refractivity (Wildman–Crippen MR) is 80.8 cm³/mol. The summed E-state index contributed by atoms with van der Waals surface area (Å²) in [6.45, 7) is 1.00. The van der Waals surface area contributed by atoms with E-state index in [-0.39, 0.29) is 12.0 Å². The molecular formula is C16H17ClN2. The van der Waals surface area contributed by atoms with Crippen LogP contribution in [0.2, 0.25) is 0 Å². The van der Waals surface area contributed by atoms with Crippen LogP contribution in [0.15, 0.2) is 52.5 Å². The summed E-state index contributed by atoms with van der Waals surface area (Å²) >= 11 is 6.17. The number of aliphatic imine (C=N–C) groups is 1. The number of allylic oxidation sites excluding steroid dienone is 3. The highest BCUT2D eigenvalue weighted by molar-refractivity contribution is 6.32. The number of fused-ring (bicyclic) bond motifs is 1. The number of benzene rings is 1. The van der Waals surface area contributed by atoms with Gasteiger partial charge in [0.25, 0.3) is 0 Å². The van der Waals surface area contributed by atoms with E-state index in [9.17, 15) is 0 Å². The molecule has 0 spiro atoms. The summed E-state index contributed by atoms with van der Waals surface area (Å²) < 4.78 is 0. The lowest BCUT2D eigenvalue weighted by Crippen LogP contribution is -2.37. The zero-order chi connectivity index (χ0) is 13.2. The van der Waals surface area contributed by atoms with Crippen molar-refractivity contribution in [3.63, 3.8) is 0 Å². The van der Waals surface area contributed by atoms with Crippen LogP contribution in [-0.2, 0) is 6.42 Å². The van der Waals surface area contributed by atoms with E-state index in [1.807, 2.05) is 19.2 Å². The smallest absolute Gasteiger partial charge is 0.0443 e. The van der Waals surface area contributed by atoms with Crippen LogP contribution in [0.5, 0.6) is 0 Å². The summed E-state index contributed by atoms with van der Waals surface area (Å²) in [6, 6.07) is 8.91. The first-order valence-corrected chi connectivity index (χ1v) is 7.00. The maximum absolute atomic E-state index is 6.17. The van der Waals surface area contributed by atoms with E-state index in [4.69, 9.17) is 11.6 Å². The van der Waals surface area contributed by atoms with Crippen LogP contribution in [0.3, 0.4) is 0 Å². The quantitative estimate of drug-likeness (QED) is 0.834. The van der Waals surface area contributed by atoms with Gasteiger partial charge in [0.2, 0.25) is 0 Å². The van der Waals surface area contributed by atoms with Crippen molar-refractivity contribution in [2.75, 3.05) is 13.6 Å². The highest BCUT2D eigenvalue weighted by Gasteiger charge is 2.29. The average molecular weight is 273 g/mol. The third-order valence-electron chi connectivity index (χ3n) is 3.86. The molecule has 2 nitrogen and oxygen atoms in total. The molecule has 2 unspecified atom stereocenters. The van der Waals surface area contributed by atoms with Gasteiger partial charge in [0, 0.05) is 29.8 Å². The number of hydrogen-bond acceptors (Lipinski definition) is 2. The van der Waals surface area contributed by atoms with Crippen LogP contribution in [0, 0.1) is 5.92 Å². The summed E-state index contributed by atoms with van der Waals surface area (Å²) in [5.74, 6) is 0.212. The third kappa shape index (κ3) is 2.38. The molecule has 0 fully saturated rings. The third-order valence-corrected chi connectivity index (χ3v) is 4.11. The van der Waals surface area contributed by atoms with Gasteiger partial charge in [-0.2, -0.15) is 0 Å². The van der Waals surface area contributed by atoms with Gasteiger partial charge >= 0.3 is 0 Å². The normalized spacial score (nSPS) is 28.1. The lowest BCUT2D eigenvalue weighted by Gasteiger charge is -2.33. The fraction of sp³-hybridized carbons (Fsp3) is 0.312. The molecule has 98 valence electrons. The van der Waals surface area contributed by atoms with Gasteiger partial charge in [-0.15, -0.1) is 0 Å². The summed E-state index contributed by atoms with van der Waals surface area (Å²) in [5, 5.41) is 4.41. The van der Waals surface area contributed by atoms with Crippen molar-refractivity contribution in [3.8, 4) is 0 Å². The molecule has 19 heavy (non-hydrogen) atoms. The Morgan fingerprint density at radius 2 is 2.11 bits per heavy atom. The van der Waals surface area contributed by atoms with Gasteiger partial charge in [-0.1, -0.05) is 41.9 Å². The van der Waals surface area contributed by atoms with E-state index < -0.39 is 0 Å². The van der Waals surface area contributed by atoms with E-state index in [2.05, 4.69) is 40.7 Å². The predicted octanol–water partition coefficient (Wildman–Crippen LogP) is 3.25. The Bertz CT molecular complexity index is 572. The Labute approximate surface area is 118 Å². The van der Waals surface area contributed by atoms with Crippen molar-refractivity contribution < 1.29 is 0 Å². The SMILES string of the molecule is CN=C1C=CC(Cl)=CC1C1NCCc2ccccc21. The van der Waals surface area contributed by atoms with Crippen LogP contribution in [0.4, 0.5) is 0 Å². The van der Waals surface area contributed by atoms with E-state index >= 15 is 0 Å². The average Bonchev–Trinajstić information content (AvgIpc) is 2.46. The highest BCUT2D eigenvalue weighted by atomic mass is 35.5. The Morgan fingerprint density at radius 3 is 2.95 bits per heavy atom. The van der Waals surface area contributed by atoms with E-state index in [0.29, 0.717) is 0 Å². The van der Waals surface area contributed by atoms with Crippen molar-refractivity contribution >= 4 is 17.3 Å². The number of rotatable bonds is 1. The standard InChI is InChI=1S/C16H17ClN2/c1-18-15-7-6-12(17)10-14(15)16-13-5-3-2-4-11(13)8-9-19-16/h2-7,10,14,16,19H,8-9H2,1H3. The molecule has 1 aliphatic carbocycles. The lowest BCUT2D eigenvalue weighted by molar-refractivity contribution is 0.465. The van der Waals surface area contributed by atoms with Gasteiger partial charge < -0.3 is 5.32 Å². The van der Waals surface area contributed by atoms with Crippen LogP contribution < -0.4 is 5.32 Å². The minimum absolute atomic E-state index is 0.212. The number of nitrogens with zero attached hydrogens (tertiary/aromatic N) is 1. The van der Waals surface area contributed by atoms with Crippen molar-refractivity contribution in [1.82, 2.24) is 5.32 Å². The molecule has 1 N–H and O–H groups in total. The second-order valence-electron chi connectivity index (χ2n) is 4.94. The van der Waals surface area contributed by atoms with Crippen LogP contribution in [-0.4, -0.2) is 19.3 Å². The Morgan fingerprint density at radius 1 is 1.26 bits per heavy atom. The minimum atomic E-state index is 0.212. The van der Waals surface area contributed by atoms with Crippen molar-refractivity contribution in [3.05, 3.63) is 58.7 Å². The van der Waals surface area contributed by atoms with E-state index in [1.54, 1.807) is 0 Å². The van der Waals surface area contributed by atoms with Gasteiger partial charge in [0.15, 0.2) is 0 Å². The van der Waals surface area contributed by atoms with Gasteiger partial charge in [0.1, 0.15) is 0 Å².